The van der Waals surface area contributed by atoms with Crippen LogP contribution in [0.15, 0.2) is 70.3 Å². The number of hydrogen-bond acceptors (Lipinski definition) is 4. The topological polar surface area (TPSA) is 71.7 Å². The van der Waals surface area contributed by atoms with Crippen LogP contribution in [0.5, 0.6) is 0 Å². The van der Waals surface area contributed by atoms with Crippen LogP contribution >= 0.6 is 0 Å². The lowest BCUT2D eigenvalue weighted by Crippen LogP contribution is -2.36. The first-order valence-electron chi connectivity index (χ1n) is 10.4. The van der Waals surface area contributed by atoms with E-state index in [1.165, 1.54) is 5.56 Å². The van der Waals surface area contributed by atoms with Gasteiger partial charge >= 0.3 is 0 Å². The molecule has 2 aromatic carbocycles. The first-order chi connectivity index (χ1) is 14.6. The summed E-state index contributed by atoms with van der Waals surface area (Å²) in [5.74, 6) is 1.37. The monoisotopic (exact) mass is 406 g/mol. The SMILES string of the molecule is CCNC(=NCc1ccc(COC(C)C)cc1)NCc1coc(-c2ccccc2)n1. The zero-order valence-electron chi connectivity index (χ0n) is 17.9. The van der Waals surface area contributed by atoms with Gasteiger partial charge in [-0.1, -0.05) is 42.5 Å². The highest BCUT2D eigenvalue weighted by Crippen LogP contribution is 2.17. The Labute approximate surface area is 178 Å². The molecule has 6 nitrogen and oxygen atoms in total. The van der Waals surface area contributed by atoms with E-state index in [1.54, 1.807) is 6.26 Å². The van der Waals surface area contributed by atoms with Gasteiger partial charge in [-0.25, -0.2) is 9.98 Å². The summed E-state index contributed by atoms with van der Waals surface area (Å²) >= 11 is 0. The summed E-state index contributed by atoms with van der Waals surface area (Å²) < 4.78 is 11.2. The van der Waals surface area contributed by atoms with Crippen LogP contribution in [0.2, 0.25) is 0 Å². The highest BCUT2D eigenvalue weighted by atomic mass is 16.5. The van der Waals surface area contributed by atoms with Gasteiger partial charge in [0.15, 0.2) is 5.96 Å². The molecule has 0 aliphatic rings. The number of rotatable bonds is 9. The van der Waals surface area contributed by atoms with Gasteiger partial charge in [-0.2, -0.15) is 0 Å². The van der Waals surface area contributed by atoms with Gasteiger partial charge in [0.05, 0.1) is 31.5 Å². The first kappa shape index (κ1) is 21.6. The lowest BCUT2D eigenvalue weighted by Gasteiger charge is -2.10. The van der Waals surface area contributed by atoms with Crippen molar-refractivity contribution in [3.05, 3.63) is 77.7 Å². The highest BCUT2D eigenvalue weighted by Gasteiger charge is 2.07. The van der Waals surface area contributed by atoms with Gasteiger partial charge in [-0.3, -0.25) is 0 Å². The Hall–Kier alpha value is -3.12. The zero-order chi connectivity index (χ0) is 21.2. The Balaban J connectivity index is 1.55. The summed E-state index contributed by atoms with van der Waals surface area (Å²) in [5, 5.41) is 6.58. The molecule has 0 spiro atoms. The predicted molar refractivity (Wildman–Crippen MR) is 120 cm³/mol. The number of ether oxygens (including phenoxy) is 1. The summed E-state index contributed by atoms with van der Waals surface area (Å²) in [6.45, 7) is 8.67. The van der Waals surface area contributed by atoms with E-state index in [-0.39, 0.29) is 6.10 Å². The van der Waals surface area contributed by atoms with E-state index < -0.39 is 0 Å². The number of aliphatic imine (C=N–C) groups is 1. The molecular weight excluding hydrogens is 376 g/mol. The minimum absolute atomic E-state index is 0.233. The molecule has 0 unspecified atom stereocenters. The Morgan fingerprint density at radius 3 is 2.47 bits per heavy atom. The fraction of sp³-hybridized carbons (Fsp3) is 0.333. The van der Waals surface area contributed by atoms with E-state index >= 15 is 0 Å². The molecule has 0 saturated carbocycles. The Morgan fingerprint density at radius 2 is 1.77 bits per heavy atom. The minimum Gasteiger partial charge on any atom is -0.444 e. The van der Waals surface area contributed by atoms with Crippen LogP contribution in [0, 0.1) is 0 Å². The third-order valence-corrected chi connectivity index (χ3v) is 4.38. The third kappa shape index (κ3) is 6.74. The van der Waals surface area contributed by atoms with Crippen LogP contribution in [0.3, 0.4) is 0 Å². The van der Waals surface area contributed by atoms with E-state index in [0.29, 0.717) is 25.6 Å². The number of hydrogen-bond donors (Lipinski definition) is 2. The van der Waals surface area contributed by atoms with Crippen molar-refractivity contribution >= 4 is 5.96 Å². The molecule has 0 radical (unpaired) electrons. The van der Waals surface area contributed by atoms with Gasteiger partial charge in [0.1, 0.15) is 6.26 Å². The quantitative estimate of drug-likeness (QED) is 0.404. The Bertz CT molecular complexity index is 918. The molecule has 30 heavy (non-hydrogen) atoms. The van der Waals surface area contributed by atoms with E-state index in [9.17, 15) is 0 Å². The average molecular weight is 407 g/mol. The van der Waals surface area contributed by atoms with Gasteiger partial charge in [-0.15, -0.1) is 0 Å². The van der Waals surface area contributed by atoms with Crippen LogP contribution < -0.4 is 10.6 Å². The van der Waals surface area contributed by atoms with Gasteiger partial charge in [0.2, 0.25) is 5.89 Å². The number of oxazole rings is 1. The maximum absolute atomic E-state index is 5.64. The molecular formula is C24H30N4O2. The third-order valence-electron chi connectivity index (χ3n) is 4.38. The molecule has 1 heterocycles. The molecule has 6 heteroatoms. The normalized spacial score (nSPS) is 11.7. The van der Waals surface area contributed by atoms with Crippen molar-refractivity contribution < 1.29 is 9.15 Å². The second-order valence-corrected chi connectivity index (χ2v) is 7.23. The van der Waals surface area contributed by atoms with Crippen molar-refractivity contribution in [1.29, 1.82) is 0 Å². The molecule has 1 aromatic heterocycles. The van der Waals surface area contributed by atoms with Crippen LogP contribution in [0.25, 0.3) is 11.5 Å². The Kier molecular flexibility index (Phi) is 8.03. The van der Waals surface area contributed by atoms with Crippen LogP contribution in [0.4, 0.5) is 0 Å². The summed E-state index contributed by atoms with van der Waals surface area (Å²) in [4.78, 5) is 9.22. The maximum Gasteiger partial charge on any atom is 0.226 e. The predicted octanol–water partition coefficient (Wildman–Crippen LogP) is 4.52. The molecule has 3 aromatic rings. The van der Waals surface area contributed by atoms with Crippen LogP contribution in [-0.2, 0) is 24.4 Å². The highest BCUT2D eigenvalue weighted by molar-refractivity contribution is 5.79. The number of nitrogens with one attached hydrogen (secondary N) is 2. The van der Waals surface area contributed by atoms with Crippen molar-refractivity contribution in [3.8, 4) is 11.5 Å². The van der Waals surface area contributed by atoms with Crippen molar-refractivity contribution in [1.82, 2.24) is 15.6 Å². The zero-order valence-corrected chi connectivity index (χ0v) is 17.9. The Morgan fingerprint density at radius 1 is 1.03 bits per heavy atom. The molecule has 0 aliphatic carbocycles. The number of aromatic nitrogens is 1. The molecule has 2 N–H and O–H groups in total. The number of benzene rings is 2. The molecule has 0 saturated heterocycles. The van der Waals surface area contributed by atoms with E-state index in [0.717, 1.165) is 29.3 Å². The van der Waals surface area contributed by atoms with E-state index in [4.69, 9.17) is 9.15 Å². The van der Waals surface area contributed by atoms with Crippen molar-refractivity contribution in [2.75, 3.05) is 6.54 Å². The number of guanidine groups is 1. The first-order valence-corrected chi connectivity index (χ1v) is 10.4. The van der Waals surface area contributed by atoms with E-state index in [1.807, 2.05) is 51.1 Å². The van der Waals surface area contributed by atoms with Crippen molar-refractivity contribution in [3.63, 3.8) is 0 Å². The number of nitrogens with zero attached hydrogens (tertiary/aromatic N) is 2. The standard InChI is InChI=1S/C24H30N4O2/c1-4-25-24(26-14-19-10-12-20(13-11-19)16-29-18(2)3)27-15-22-17-30-23(28-22)21-8-6-5-7-9-21/h5-13,17-18H,4,14-16H2,1-3H3,(H2,25,26,27). The van der Waals surface area contributed by atoms with Gasteiger partial charge < -0.3 is 19.8 Å². The fourth-order valence-corrected chi connectivity index (χ4v) is 2.79. The minimum atomic E-state index is 0.233. The van der Waals surface area contributed by atoms with Crippen molar-refractivity contribution in [2.24, 2.45) is 4.99 Å². The average Bonchev–Trinajstić information content (AvgIpc) is 3.25. The second-order valence-electron chi connectivity index (χ2n) is 7.23. The smallest absolute Gasteiger partial charge is 0.226 e. The maximum atomic E-state index is 5.64. The molecule has 0 fully saturated rings. The summed E-state index contributed by atoms with van der Waals surface area (Å²) in [7, 11) is 0. The largest absolute Gasteiger partial charge is 0.444 e. The molecule has 0 bridgehead atoms. The molecule has 0 atom stereocenters. The summed E-state index contributed by atoms with van der Waals surface area (Å²) in [5.41, 5.74) is 4.11. The van der Waals surface area contributed by atoms with Crippen LogP contribution in [0.1, 0.15) is 37.6 Å². The fourth-order valence-electron chi connectivity index (χ4n) is 2.79. The summed E-state index contributed by atoms with van der Waals surface area (Å²) in [6, 6.07) is 18.2. The van der Waals surface area contributed by atoms with Crippen molar-refractivity contribution in [2.45, 2.75) is 46.6 Å². The van der Waals surface area contributed by atoms with E-state index in [2.05, 4.69) is 44.9 Å². The summed E-state index contributed by atoms with van der Waals surface area (Å²) in [6.07, 6.45) is 1.91. The molecule has 3 rings (SSSR count). The lowest BCUT2D eigenvalue weighted by molar-refractivity contribution is 0.0657. The van der Waals surface area contributed by atoms with Gasteiger partial charge in [-0.05, 0) is 44.0 Å². The molecule has 0 amide bonds. The van der Waals surface area contributed by atoms with Crippen LogP contribution in [-0.4, -0.2) is 23.6 Å². The van der Waals surface area contributed by atoms with Gasteiger partial charge in [0, 0.05) is 12.1 Å². The molecule has 158 valence electrons. The van der Waals surface area contributed by atoms with Gasteiger partial charge in [0.25, 0.3) is 0 Å². The lowest BCUT2D eigenvalue weighted by atomic mass is 10.1. The molecule has 0 aliphatic heterocycles. The second kappa shape index (κ2) is 11.2.